The van der Waals surface area contributed by atoms with E-state index < -0.39 is 9.84 Å². The van der Waals surface area contributed by atoms with Crippen molar-refractivity contribution in [2.75, 3.05) is 26.3 Å². The summed E-state index contributed by atoms with van der Waals surface area (Å²) in [4.78, 5) is 25.3. The maximum atomic E-state index is 12.8. The molecule has 1 aliphatic carbocycles. The molecule has 2 bridgehead atoms. The summed E-state index contributed by atoms with van der Waals surface area (Å²) in [6, 6.07) is 16.9. The van der Waals surface area contributed by atoms with Crippen molar-refractivity contribution in [1.82, 2.24) is 19.8 Å². The fourth-order valence-electron chi connectivity index (χ4n) is 7.22. The summed E-state index contributed by atoms with van der Waals surface area (Å²) in [5.74, 6) is 0.886. The number of H-pyrrole nitrogens is 1. The van der Waals surface area contributed by atoms with Crippen molar-refractivity contribution in [3.8, 4) is 11.4 Å². The van der Waals surface area contributed by atoms with Crippen molar-refractivity contribution in [1.29, 1.82) is 0 Å². The Hall–Kier alpha value is -3.01. The van der Waals surface area contributed by atoms with E-state index in [1.54, 1.807) is 19.1 Å². The molecule has 7 rings (SSSR count). The number of hydrogen-bond acceptors (Lipinski definition) is 6. The Balaban J connectivity index is 1.07. The number of carbonyl (C=O) groups is 1. The topological polar surface area (TPSA) is 95.6 Å². The van der Waals surface area contributed by atoms with Gasteiger partial charge in [-0.1, -0.05) is 18.2 Å². The second-order valence-electron chi connectivity index (χ2n) is 12.7. The molecule has 4 aliphatic rings. The van der Waals surface area contributed by atoms with Gasteiger partial charge in [0.1, 0.15) is 0 Å². The zero-order valence-corrected chi connectivity index (χ0v) is 25.1. The van der Waals surface area contributed by atoms with Gasteiger partial charge in [0.2, 0.25) is 5.91 Å². The fraction of sp³-hybridized carbons (Fsp3) is 0.515. The number of likely N-dealkylation sites (tertiary alicyclic amines) is 2. The van der Waals surface area contributed by atoms with Gasteiger partial charge in [0.15, 0.2) is 9.84 Å². The second-order valence-corrected chi connectivity index (χ2v) is 14.9. The SMILES string of the molecule is CC(=O)N1C[C@@H]2C[C@H]1CN2Cc1ccc(-c2ccc(C(CC3CCOCC3)c3ccc(S(=O)(=O)C4CC4)cc3)[nH]2)nc1. The molecule has 9 heteroatoms. The van der Waals surface area contributed by atoms with Crippen molar-refractivity contribution in [3.63, 3.8) is 0 Å². The van der Waals surface area contributed by atoms with Gasteiger partial charge in [0.25, 0.3) is 0 Å². The number of rotatable bonds is 9. The van der Waals surface area contributed by atoms with Gasteiger partial charge < -0.3 is 14.6 Å². The van der Waals surface area contributed by atoms with Crippen LogP contribution in [-0.2, 0) is 25.9 Å². The van der Waals surface area contributed by atoms with E-state index in [0.717, 1.165) is 94.0 Å². The number of sulfone groups is 1. The first-order valence-electron chi connectivity index (χ1n) is 15.4. The van der Waals surface area contributed by atoms with Gasteiger partial charge in [-0.25, -0.2) is 8.42 Å². The lowest BCUT2D eigenvalue weighted by Crippen LogP contribution is -2.47. The Morgan fingerprint density at radius 2 is 1.79 bits per heavy atom. The standard InChI is InChI=1S/C33H40N4O4S/c1-22(38)37-21-26-17-27(37)20-36(26)19-24-2-9-32(34-18-24)33-11-10-31(35-33)30(16-23-12-14-41-15-13-23)25-3-5-28(6-4-25)42(39,40)29-7-8-29/h2-6,9-11,18,23,26-27,29-30,35H,7-8,12-17,19-21H2,1H3/t26-,27-,30?/m0/s1. The molecule has 42 heavy (non-hydrogen) atoms. The molecule has 1 aromatic carbocycles. The molecule has 5 heterocycles. The highest BCUT2D eigenvalue weighted by Crippen LogP contribution is 2.38. The van der Waals surface area contributed by atoms with Crippen LogP contribution in [0.25, 0.3) is 11.4 Å². The van der Waals surface area contributed by atoms with E-state index in [1.807, 2.05) is 23.2 Å². The maximum absolute atomic E-state index is 12.8. The van der Waals surface area contributed by atoms with Gasteiger partial charge in [0, 0.05) is 69.7 Å². The Bertz CT molecular complexity index is 1520. The number of amides is 1. The molecule has 1 amide bonds. The quantitative estimate of drug-likeness (QED) is 0.387. The minimum Gasteiger partial charge on any atom is -0.381 e. The monoisotopic (exact) mass is 588 g/mol. The predicted octanol–water partition coefficient (Wildman–Crippen LogP) is 4.77. The molecule has 8 nitrogen and oxygen atoms in total. The van der Waals surface area contributed by atoms with Gasteiger partial charge in [-0.05, 0) is 85.9 Å². The molecule has 0 radical (unpaired) electrons. The summed E-state index contributed by atoms with van der Waals surface area (Å²) in [7, 11) is -3.20. The van der Waals surface area contributed by atoms with Crippen molar-refractivity contribution >= 4 is 15.7 Å². The molecule has 3 aliphatic heterocycles. The molecule has 3 atom stereocenters. The van der Waals surface area contributed by atoms with E-state index in [9.17, 15) is 13.2 Å². The zero-order valence-electron chi connectivity index (χ0n) is 24.2. The molecule has 3 aromatic rings. The van der Waals surface area contributed by atoms with Crippen LogP contribution < -0.4 is 0 Å². The smallest absolute Gasteiger partial charge is 0.219 e. The van der Waals surface area contributed by atoms with Crippen LogP contribution >= 0.6 is 0 Å². The average Bonchev–Trinajstić information content (AvgIpc) is 3.44. The van der Waals surface area contributed by atoms with Gasteiger partial charge in [-0.2, -0.15) is 0 Å². The molecule has 0 spiro atoms. The summed E-state index contributed by atoms with van der Waals surface area (Å²) in [6.07, 6.45) is 7.68. The van der Waals surface area contributed by atoms with Gasteiger partial charge in [0.05, 0.1) is 21.5 Å². The molecule has 1 N–H and O–H groups in total. The number of hydrogen-bond donors (Lipinski definition) is 1. The molecule has 3 saturated heterocycles. The van der Waals surface area contributed by atoms with E-state index in [-0.39, 0.29) is 17.1 Å². The number of benzene rings is 1. The van der Waals surface area contributed by atoms with Crippen molar-refractivity contribution in [3.05, 3.63) is 71.5 Å². The first-order chi connectivity index (χ1) is 20.3. The number of aromatic nitrogens is 2. The van der Waals surface area contributed by atoms with Crippen LogP contribution in [0, 0.1) is 5.92 Å². The second kappa shape index (κ2) is 11.2. The third-order valence-electron chi connectivity index (χ3n) is 9.81. The molecule has 1 unspecified atom stereocenters. The number of nitrogens with one attached hydrogen (secondary N) is 1. The summed E-state index contributed by atoms with van der Waals surface area (Å²) in [5, 5.41) is -0.200. The van der Waals surface area contributed by atoms with Crippen LogP contribution in [0.1, 0.15) is 68.2 Å². The number of aromatic amines is 1. The summed E-state index contributed by atoms with van der Waals surface area (Å²) >= 11 is 0. The number of carbonyl (C=O) groups excluding carboxylic acids is 1. The van der Waals surface area contributed by atoms with Gasteiger partial charge >= 0.3 is 0 Å². The first kappa shape index (κ1) is 27.8. The summed E-state index contributed by atoms with van der Waals surface area (Å²) in [5.41, 5.74) is 5.34. The molecule has 1 saturated carbocycles. The Morgan fingerprint density at radius 1 is 1.00 bits per heavy atom. The number of piperazine rings is 1. The van der Waals surface area contributed by atoms with Crippen molar-refractivity contribution < 1.29 is 17.9 Å². The lowest BCUT2D eigenvalue weighted by molar-refractivity contribution is -0.131. The van der Waals surface area contributed by atoms with Crippen LogP contribution in [0.3, 0.4) is 0 Å². The summed E-state index contributed by atoms with van der Waals surface area (Å²) < 4.78 is 31.2. The normalized spacial score (nSPS) is 23.9. The van der Waals surface area contributed by atoms with Crippen LogP contribution in [0.4, 0.5) is 0 Å². The lowest BCUT2D eigenvalue weighted by Gasteiger charge is -2.33. The van der Waals surface area contributed by atoms with Crippen molar-refractivity contribution in [2.24, 2.45) is 5.92 Å². The Kier molecular flexibility index (Phi) is 7.44. The third kappa shape index (κ3) is 5.54. The Morgan fingerprint density at radius 3 is 2.43 bits per heavy atom. The Labute approximate surface area is 248 Å². The summed E-state index contributed by atoms with van der Waals surface area (Å²) in [6.45, 7) is 5.91. The van der Waals surface area contributed by atoms with E-state index in [1.165, 1.54) is 5.56 Å². The molecule has 222 valence electrons. The molecule has 4 fully saturated rings. The number of ether oxygens (including phenoxy) is 1. The van der Waals surface area contributed by atoms with E-state index in [4.69, 9.17) is 9.72 Å². The van der Waals surface area contributed by atoms with Crippen LogP contribution in [-0.4, -0.2) is 77.7 Å². The van der Waals surface area contributed by atoms with Gasteiger partial charge in [-0.3, -0.25) is 14.7 Å². The molecular formula is C33H40N4O4S. The van der Waals surface area contributed by atoms with Crippen LogP contribution in [0.2, 0.25) is 0 Å². The lowest BCUT2D eigenvalue weighted by atomic mass is 9.83. The van der Waals surface area contributed by atoms with Crippen LogP contribution in [0.15, 0.2) is 59.6 Å². The average molecular weight is 589 g/mol. The van der Waals surface area contributed by atoms with Crippen LogP contribution in [0.5, 0.6) is 0 Å². The third-order valence-corrected chi connectivity index (χ3v) is 12.1. The fourth-order valence-corrected chi connectivity index (χ4v) is 8.88. The van der Waals surface area contributed by atoms with E-state index >= 15 is 0 Å². The highest BCUT2D eigenvalue weighted by Gasteiger charge is 2.44. The number of nitrogens with zero attached hydrogens (tertiary/aromatic N) is 3. The van der Waals surface area contributed by atoms with Gasteiger partial charge in [-0.15, -0.1) is 0 Å². The maximum Gasteiger partial charge on any atom is 0.219 e. The van der Waals surface area contributed by atoms with E-state index in [0.29, 0.717) is 22.9 Å². The highest BCUT2D eigenvalue weighted by molar-refractivity contribution is 7.92. The molecular weight excluding hydrogens is 548 g/mol. The highest BCUT2D eigenvalue weighted by atomic mass is 32.2. The first-order valence-corrected chi connectivity index (χ1v) is 17.0. The zero-order chi connectivity index (χ0) is 28.8. The number of fused-ring (bicyclic) bond motifs is 2. The van der Waals surface area contributed by atoms with Crippen molar-refractivity contribution in [2.45, 2.75) is 80.1 Å². The minimum absolute atomic E-state index is 0.138. The molecule has 2 aromatic heterocycles. The largest absolute Gasteiger partial charge is 0.381 e. The minimum atomic E-state index is -3.20. The number of pyridine rings is 1. The van der Waals surface area contributed by atoms with E-state index in [2.05, 4.69) is 34.1 Å². The predicted molar refractivity (Wildman–Crippen MR) is 161 cm³/mol.